The van der Waals surface area contributed by atoms with Crippen LogP contribution < -0.4 is 9.62 Å². The number of hydrogen-bond acceptors (Lipinski definition) is 3. The highest BCUT2D eigenvalue weighted by Gasteiger charge is 2.37. The molecule has 3 aromatic carbocycles. The molecule has 1 heterocycles. The van der Waals surface area contributed by atoms with Crippen molar-refractivity contribution >= 4 is 32.4 Å². The van der Waals surface area contributed by atoms with Crippen LogP contribution in [0.25, 0.3) is 10.8 Å². The number of carbonyl (C=O) groups excluding carboxylic acids is 1. The van der Waals surface area contributed by atoms with E-state index in [1.165, 1.54) is 29.2 Å². The lowest BCUT2D eigenvalue weighted by atomic mass is 10.0. The average Bonchev–Trinajstić information content (AvgIpc) is 3.03. The van der Waals surface area contributed by atoms with Crippen molar-refractivity contribution in [3.8, 4) is 0 Å². The quantitative estimate of drug-likeness (QED) is 0.480. The second-order valence-corrected chi connectivity index (χ2v) is 9.33. The number of nitrogens with zero attached hydrogens (tertiary/aromatic N) is 1. The van der Waals surface area contributed by atoms with Crippen LogP contribution in [0.4, 0.5) is 32.0 Å². The maximum absolute atomic E-state index is 13.1. The third kappa shape index (κ3) is 4.11. The first-order valence-corrected chi connectivity index (χ1v) is 11.4. The van der Waals surface area contributed by atoms with Gasteiger partial charge in [-0.2, -0.15) is 26.3 Å². The maximum Gasteiger partial charge on any atom is 0.416 e. The molecular weight excluding hydrogens is 486 g/mol. The van der Waals surface area contributed by atoms with Crippen molar-refractivity contribution in [2.75, 3.05) is 11.4 Å². The van der Waals surface area contributed by atoms with Gasteiger partial charge in [0.25, 0.3) is 5.91 Å². The molecule has 0 saturated carbocycles. The number of nitrogens with one attached hydrogen (secondary N) is 1. The van der Waals surface area contributed by atoms with Gasteiger partial charge in [0.05, 0.1) is 21.7 Å². The Hall–Kier alpha value is -3.12. The van der Waals surface area contributed by atoms with Crippen molar-refractivity contribution in [3.05, 3.63) is 70.8 Å². The molecule has 0 fully saturated rings. The number of carbonyl (C=O) groups is 1. The Morgan fingerprint density at radius 1 is 0.912 bits per heavy atom. The van der Waals surface area contributed by atoms with Crippen molar-refractivity contribution < 1.29 is 39.6 Å². The minimum absolute atomic E-state index is 0.0300. The first-order chi connectivity index (χ1) is 15.7. The summed E-state index contributed by atoms with van der Waals surface area (Å²) in [6, 6.07) is 8.12. The minimum atomic E-state index is -5.05. The Morgan fingerprint density at radius 3 is 2.09 bits per heavy atom. The molecule has 0 unspecified atom stereocenters. The number of halogens is 6. The third-order valence-corrected chi connectivity index (χ3v) is 6.92. The standard InChI is InChI=1S/C22H16F6N2O3S/c1-2-30-17-6-7-18(15-4-3-5-16(19(15)17)20(30)31)34(32,33)29-11-12-8-13(21(23,24)25)10-14(9-12)22(26,27)28/h3-10,29H,2,11H2,1H3. The highest BCUT2D eigenvalue weighted by molar-refractivity contribution is 7.89. The van der Waals surface area contributed by atoms with Gasteiger partial charge in [-0.05, 0) is 48.9 Å². The van der Waals surface area contributed by atoms with E-state index >= 15 is 0 Å². The van der Waals surface area contributed by atoms with E-state index in [1.807, 2.05) is 0 Å². The van der Waals surface area contributed by atoms with Crippen molar-refractivity contribution in [3.63, 3.8) is 0 Å². The molecule has 12 heteroatoms. The van der Waals surface area contributed by atoms with Gasteiger partial charge in [-0.1, -0.05) is 12.1 Å². The van der Waals surface area contributed by atoms with E-state index < -0.39 is 45.6 Å². The molecule has 0 spiro atoms. The Labute approximate surface area is 190 Å². The van der Waals surface area contributed by atoms with Gasteiger partial charge in [-0.15, -0.1) is 0 Å². The SMILES string of the molecule is CCN1C(=O)c2cccc3c(S(=O)(=O)NCc4cc(C(F)(F)F)cc(C(F)(F)F)c4)ccc1c23. The number of rotatable bonds is 5. The fourth-order valence-electron chi connectivity index (χ4n) is 3.95. The van der Waals surface area contributed by atoms with Crippen molar-refractivity contribution in [1.29, 1.82) is 0 Å². The van der Waals surface area contributed by atoms with Gasteiger partial charge in [0.1, 0.15) is 0 Å². The summed E-state index contributed by atoms with van der Waals surface area (Å²) in [5.41, 5.74) is -2.77. The predicted octanol–water partition coefficient (Wildman–Crippen LogP) is 5.34. The fraction of sp³-hybridized carbons (Fsp3) is 0.227. The summed E-state index contributed by atoms with van der Waals surface area (Å²) in [6.07, 6.45) is -10.1. The lowest BCUT2D eigenvalue weighted by molar-refractivity contribution is -0.143. The van der Waals surface area contributed by atoms with E-state index in [0.29, 0.717) is 35.3 Å². The average molecular weight is 502 g/mol. The molecule has 0 atom stereocenters. The second kappa shape index (κ2) is 7.98. The van der Waals surface area contributed by atoms with Crippen LogP contribution >= 0.6 is 0 Å². The van der Waals surface area contributed by atoms with E-state index in [2.05, 4.69) is 4.72 Å². The molecular formula is C22H16F6N2O3S. The zero-order valence-electron chi connectivity index (χ0n) is 17.4. The Balaban J connectivity index is 1.73. The molecule has 1 aliphatic heterocycles. The summed E-state index contributed by atoms with van der Waals surface area (Å²) in [5, 5.41) is 0.627. The maximum atomic E-state index is 13.1. The summed E-state index contributed by atoms with van der Waals surface area (Å²) in [7, 11) is -4.37. The summed E-state index contributed by atoms with van der Waals surface area (Å²) >= 11 is 0. The van der Waals surface area contributed by atoms with Crippen LogP contribution in [0.2, 0.25) is 0 Å². The van der Waals surface area contributed by atoms with Crippen LogP contribution in [0.15, 0.2) is 53.4 Å². The summed E-state index contributed by atoms with van der Waals surface area (Å²) in [6.45, 7) is 1.30. The van der Waals surface area contributed by atoms with Crippen molar-refractivity contribution in [1.82, 2.24) is 4.72 Å². The number of hydrogen-bond donors (Lipinski definition) is 1. The van der Waals surface area contributed by atoms with Crippen LogP contribution in [0.5, 0.6) is 0 Å². The number of sulfonamides is 1. The molecule has 1 aliphatic rings. The predicted molar refractivity (Wildman–Crippen MR) is 112 cm³/mol. The molecule has 0 bridgehead atoms. The molecule has 3 aromatic rings. The van der Waals surface area contributed by atoms with Crippen molar-refractivity contribution in [2.24, 2.45) is 0 Å². The van der Waals surface area contributed by atoms with E-state index in [9.17, 15) is 39.6 Å². The Kier molecular flexibility index (Phi) is 5.64. The van der Waals surface area contributed by atoms with Gasteiger partial charge in [0.2, 0.25) is 10.0 Å². The van der Waals surface area contributed by atoms with Crippen molar-refractivity contribution in [2.45, 2.75) is 30.7 Å². The zero-order chi connectivity index (χ0) is 25.1. The smallest absolute Gasteiger partial charge is 0.308 e. The Morgan fingerprint density at radius 2 is 1.53 bits per heavy atom. The van der Waals surface area contributed by atoms with E-state index in [-0.39, 0.29) is 22.3 Å². The number of anilines is 1. The van der Waals surface area contributed by atoms with Gasteiger partial charge >= 0.3 is 12.4 Å². The molecule has 5 nitrogen and oxygen atoms in total. The summed E-state index contributed by atoms with van der Waals surface area (Å²) in [5.74, 6) is -0.297. The van der Waals surface area contributed by atoms with Crippen LogP contribution in [0.3, 0.4) is 0 Å². The van der Waals surface area contributed by atoms with Crippen LogP contribution in [-0.2, 0) is 28.9 Å². The summed E-state index contributed by atoms with van der Waals surface area (Å²) in [4.78, 5) is 13.8. The van der Waals surface area contributed by atoms with Gasteiger partial charge in [0, 0.05) is 29.4 Å². The number of alkyl halides is 6. The van der Waals surface area contributed by atoms with Gasteiger partial charge < -0.3 is 4.90 Å². The molecule has 4 rings (SSSR count). The number of benzene rings is 3. The Bertz CT molecular complexity index is 1380. The van der Waals surface area contributed by atoms with Gasteiger partial charge in [-0.3, -0.25) is 4.79 Å². The minimum Gasteiger partial charge on any atom is -0.308 e. The monoisotopic (exact) mass is 502 g/mol. The second-order valence-electron chi connectivity index (χ2n) is 7.60. The molecule has 1 N–H and O–H groups in total. The number of amides is 1. The lowest BCUT2D eigenvalue weighted by Gasteiger charge is -2.16. The van der Waals surface area contributed by atoms with Gasteiger partial charge in [-0.25, -0.2) is 13.1 Å². The van der Waals surface area contributed by atoms with Gasteiger partial charge in [0.15, 0.2) is 0 Å². The largest absolute Gasteiger partial charge is 0.416 e. The van der Waals surface area contributed by atoms with E-state index in [4.69, 9.17) is 0 Å². The van der Waals surface area contributed by atoms with Crippen LogP contribution in [0, 0.1) is 0 Å². The summed E-state index contributed by atoms with van der Waals surface area (Å²) < 4.78 is 107. The first-order valence-electron chi connectivity index (χ1n) is 9.89. The molecule has 180 valence electrons. The molecule has 1 amide bonds. The highest BCUT2D eigenvalue weighted by Crippen LogP contribution is 2.40. The van der Waals surface area contributed by atoms with Crippen LogP contribution in [0.1, 0.15) is 34.0 Å². The highest BCUT2D eigenvalue weighted by atomic mass is 32.2. The zero-order valence-corrected chi connectivity index (χ0v) is 18.2. The topological polar surface area (TPSA) is 66.5 Å². The molecule has 0 saturated heterocycles. The molecule has 0 aromatic heterocycles. The van der Waals surface area contributed by atoms with E-state index in [1.54, 1.807) is 13.0 Å². The molecule has 0 radical (unpaired) electrons. The molecule has 34 heavy (non-hydrogen) atoms. The van der Waals surface area contributed by atoms with Crippen LogP contribution in [-0.4, -0.2) is 20.9 Å². The fourth-order valence-corrected chi connectivity index (χ4v) is 5.16. The first kappa shape index (κ1) is 24.0. The van der Waals surface area contributed by atoms with E-state index in [0.717, 1.165) is 0 Å². The third-order valence-electron chi connectivity index (χ3n) is 5.46. The molecule has 0 aliphatic carbocycles. The normalized spacial score (nSPS) is 14.3. The lowest BCUT2D eigenvalue weighted by Crippen LogP contribution is -2.26.